The summed E-state index contributed by atoms with van der Waals surface area (Å²) in [5.74, 6) is 0.794. The number of nitrogens with one attached hydrogen (secondary N) is 1. The van der Waals surface area contributed by atoms with Crippen molar-refractivity contribution in [2.45, 2.75) is 26.9 Å². The third kappa shape index (κ3) is 6.97. The van der Waals surface area contributed by atoms with Crippen LogP contribution in [0.25, 0.3) is 0 Å². The Morgan fingerprint density at radius 1 is 1.24 bits per heavy atom. The van der Waals surface area contributed by atoms with Crippen molar-refractivity contribution in [2.24, 2.45) is 5.41 Å². The van der Waals surface area contributed by atoms with Gasteiger partial charge in [-0.15, -0.1) is 0 Å². The molecule has 0 spiro atoms. The smallest absolute Gasteiger partial charge is 0.119 e. The lowest BCUT2D eigenvalue weighted by Gasteiger charge is -2.20. The molecular weight excluding hydrogens is 214 g/mol. The summed E-state index contributed by atoms with van der Waals surface area (Å²) >= 11 is 0. The first-order valence-corrected chi connectivity index (χ1v) is 6.04. The molecule has 0 aliphatic rings. The molecule has 2 N–H and O–H groups in total. The van der Waals surface area contributed by atoms with Crippen LogP contribution in [0.4, 0.5) is 0 Å². The quantitative estimate of drug-likeness (QED) is 0.796. The summed E-state index contributed by atoms with van der Waals surface area (Å²) in [5.41, 5.74) is 0.236. The van der Waals surface area contributed by atoms with E-state index in [9.17, 15) is 5.11 Å². The molecule has 1 aromatic rings. The molecule has 17 heavy (non-hydrogen) atoms. The SMILES string of the molecule is CC(C)(C)CNC[C@@H](O)COc1ccccc1. The van der Waals surface area contributed by atoms with E-state index in [4.69, 9.17) is 4.74 Å². The average molecular weight is 237 g/mol. The van der Waals surface area contributed by atoms with Crippen LogP contribution in [0.2, 0.25) is 0 Å². The Labute approximate surface area is 104 Å². The third-order valence-corrected chi connectivity index (χ3v) is 2.22. The fourth-order valence-electron chi connectivity index (χ4n) is 1.38. The van der Waals surface area contributed by atoms with Crippen LogP contribution in [0.1, 0.15) is 20.8 Å². The molecule has 0 aromatic heterocycles. The minimum atomic E-state index is -0.474. The van der Waals surface area contributed by atoms with Crippen LogP contribution < -0.4 is 10.1 Å². The summed E-state index contributed by atoms with van der Waals surface area (Å²) in [7, 11) is 0. The molecule has 1 aromatic carbocycles. The third-order valence-electron chi connectivity index (χ3n) is 2.22. The molecule has 0 fully saturated rings. The van der Waals surface area contributed by atoms with Gasteiger partial charge in [0.25, 0.3) is 0 Å². The van der Waals surface area contributed by atoms with Crippen molar-refractivity contribution in [3.05, 3.63) is 30.3 Å². The van der Waals surface area contributed by atoms with Crippen LogP contribution in [0.3, 0.4) is 0 Å². The zero-order valence-corrected chi connectivity index (χ0v) is 10.9. The Bertz CT molecular complexity index is 306. The normalized spacial score (nSPS) is 13.4. The van der Waals surface area contributed by atoms with E-state index in [1.165, 1.54) is 0 Å². The highest BCUT2D eigenvalue weighted by Gasteiger charge is 2.11. The van der Waals surface area contributed by atoms with Gasteiger partial charge in [0, 0.05) is 13.1 Å². The van der Waals surface area contributed by atoms with Crippen molar-refractivity contribution in [3.8, 4) is 5.75 Å². The van der Waals surface area contributed by atoms with E-state index in [0.29, 0.717) is 13.2 Å². The Hall–Kier alpha value is -1.06. The summed E-state index contributed by atoms with van der Waals surface area (Å²) in [6, 6.07) is 9.54. The van der Waals surface area contributed by atoms with Crippen molar-refractivity contribution in [3.63, 3.8) is 0 Å². The van der Waals surface area contributed by atoms with Gasteiger partial charge in [-0.2, -0.15) is 0 Å². The summed E-state index contributed by atoms with van der Waals surface area (Å²) in [5, 5.41) is 13.0. The van der Waals surface area contributed by atoms with Gasteiger partial charge in [0.2, 0.25) is 0 Å². The van der Waals surface area contributed by atoms with E-state index in [-0.39, 0.29) is 5.41 Å². The van der Waals surface area contributed by atoms with E-state index >= 15 is 0 Å². The maximum absolute atomic E-state index is 9.72. The zero-order valence-electron chi connectivity index (χ0n) is 10.9. The van der Waals surface area contributed by atoms with Gasteiger partial charge >= 0.3 is 0 Å². The average Bonchev–Trinajstić information content (AvgIpc) is 2.26. The second-order valence-electron chi connectivity index (χ2n) is 5.47. The number of hydrogen-bond donors (Lipinski definition) is 2. The maximum Gasteiger partial charge on any atom is 0.119 e. The van der Waals surface area contributed by atoms with Crippen LogP contribution in [-0.4, -0.2) is 30.9 Å². The Kier molecular flexibility index (Phi) is 5.45. The summed E-state index contributed by atoms with van der Waals surface area (Å²) < 4.78 is 5.46. The molecule has 0 saturated carbocycles. The molecule has 96 valence electrons. The highest BCUT2D eigenvalue weighted by molar-refractivity contribution is 5.20. The molecule has 0 aliphatic carbocycles. The highest BCUT2D eigenvalue weighted by atomic mass is 16.5. The minimum Gasteiger partial charge on any atom is -0.491 e. The molecule has 3 heteroatoms. The molecule has 0 bridgehead atoms. The van der Waals surface area contributed by atoms with Gasteiger partial charge in [-0.05, 0) is 17.5 Å². The highest BCUT2D eigenvalue weighted by Crippen LogP contribution is 2.10. The van der Waals surface area contributed by atoms with Gasteiger partial charge in [0.1, 0.15) is 18.5 Å². The van der Waals surface area contributed by atoms with E-state index in [0.717, 1.165) is 12.3 Å². The van der Waals surface area contributed by atoms with Crippen LogP contribution in [-0.2, 0) is 0 Å². The van der Waals surface area contributed by atoms with Crippen molar-refractivity contribution < 1.29 is 9.84 Å². The lowest BCUT2D eigenvalue weighted by atomic mass is 9.97. The summed E-state index contributed by atoms with van der Waals surface area (Å²) in [6.07, 6.45) is -0.474. The van der Waals surface area contributed by atoms with E-state index in [2.05, 4.69) is 26.1 Å². The monoisotopic (exact) mass is 237 g/mol. The Morgan fingerprint density at radius 3 is 2.47 bits per heavy atom. The summed E-state index contributed by atoms with van der Waals surface area (Å²) in [6.45, 7) is 8.24. The first-order valence-electron chi connectivity index (χ1n) is 6.04. The Morgan fingerprint density at radius 2 is 1.88 bits per heavy atom. The number of para-hydroxylation sites is 1. The fourth-order valence-corrected chi connectivity index (χ4v) is 1.38. The van der Waals surface area contributed by atoms with Crippen LogP contribution in [0.5, 0.6) is 5.75 Å². The number of benzene rings is 1. The van der Waals surface area contributed by atoms with Crippen molar-refractivity contribution in [1.82, 2.24) is 5.32 Å². The van der Waals surface area contributed by atoms with Gasteiger partial charge < -0.3 is 15.2 Å². The van der Waals surface area contributed by atoms with E-state index in [1.807, 2.05) is 30.3 Å². The topological polar surface area (TPSA) is 41.5 Å². The molecule has 0 unspecified atom stereocenters. The lowest BCUT2D eigenvalue weighted by molar-refractivity contribution is 0.104. The molecule has 0 amide bonds. The largest absolute Gasteiger partial charge is 0.491 e. The van der Waals surface area contributed by atoms with Crippen LogP contribution in [0, 0.1) is 5.41 Å². The first kappa shape index (κ1) is 14.0. The standard InChI is InChI=1S/C14H23NO2/c1-14(2,3)11-15-9-12(16)10-17-13-7-5-4-6-8-13/h4-8,12,15-16H,9-11H2,1-3H3/t12-/m1/s1. The van der Waals surface area contributed by atoms with Crippen molar-refractivity contribution in [1.29, 1.82) is 0 Å². The van der Waals surface area contributed by atoms with Gasteiger partial charge in [-0.3, -0.25) is 0 Å². The zero-order chi connectivity index (χ0) is 12.7. The number of hydrogen-bond acceptors (Lipinski definition) is 3. The Balaban J connectivity index is 2.15. The van der Waals surface area contributed by atoms with Gasteiger partial charge in [-0.25, -0.2) is 0 Å². The second-order valence-corrected chi connectivity index (χ2v) is 5.47. The molecule has 0 heterocycles. The van der Waals surface area contributed by atoms with Crippen molar-refractivity contribution >= 4 is 0 Å². The van der Waals surface area contributed by atoms with Crippen LogP contribution in [0.15, 0.2) is 30.3 Å². The number of ether oxygens (including phenoxy) is 1. The minimum absolute atomic E-state index is 0.236. The lowest BCUT2D eigenvalue weighted by Crippen LogP contribution is -2.36. The number of rotatable bonds is 6. The van der Waals surface area contributed by atoms with Crippen molar-refractivity contribution in [2.75, 3.05) is 19.7 Å². The van der Waals surface area contributed by atoms with Crippen LogP contribution >= 0.6 is 0 Å². The molecule has 3 nitrogen and oxygen atoms in total. The number of aliphatic hydroxyl groups excluding tert-OH is 1. The predicted octanol–water partition coefficient (Wildman–Crippen LogP) is 2.06. The van der Waals surface area contributed by atoms with Gasteiger partial charge in [0.05, 0.1) is 0 Å². The molecule has 1 atom stereocenters. The molecule has 0 saturated heterocycles. The number of aliphatic hydroxyl groups is 1. The van der Waals surface area contributed by atoms with Gasteiger partial charge in [0.15, 0.2) is 0 Å². The molecular formula is C14H23NO2. The van der Waals surface area contributed by atoms with E-state index < -0.39 is 6.10 Å². The van der Waals surface area contributed by atoms with Gasteiger partial charge in [-0.1, -0.05) is 39.0 Å². The van der Waals surface area contributed by atoms with E-state index in [1.54, 1.807) is 0 Å². The predicted molar refractivity (Wildman–Crippen MR) is 70.3 cm³/mol. The first-order chi connectivity index (χ1) is 7.97. The molecule has 0 radical (unpaired) electrons. The fraction of sp³-hybridized carbons (Fsp3) is 0.571. The maximum atomic E-state index is 9.72. The summed E-state index contributed by atoms with van der Waals surface area (Å²) in [4.78, 5) is 0. The second kappa shape index (κ2) is 6.62. The molecule has 0 aliphatic heterocycles. The molecule has 1 rings (SSSR count).